The normalized spacial score (nSPS) is 14.9. The Kier molecular flexibility index (Phi) is 5.59. The Morgan fingerprint density at radius 3 is 2.53 bits per heavy atom. The molecule has 0 bridgehead atoms. The van der Waals surface area contributed by atoms with Crippen molar-refractivity contribution in [2.75, 3.05) is 26.7 Å². The van der Waals surface area contributed by atoms with Gasteiger partial charge in [0.1, 0.15) is 0 Å². The lowest BCUT2D eigenvalue weighted by molar-refractivity contribution is 0.0961. The number of hydrogen-bond donors (Lipinski definition) is 1. The summed E-state index contributed by atoms with van der Waals surface area (Å²) < 4.78 is 0. The van der Waals surface area contributed by atoms with Gasteiger partial charge in [0.25, 0.3) is 0 Å². The molecule has 0 saturated carbocycles. The summed E-state index contributed by atoms with van der Waals surface area (Å²) >= 11 is 0. The Bertz CT molecular complexity index is 309. The Morgan fingerprint density at radius 2 is 2.00 bits per heavy atom. The molecule has 0 aromatic carbocycles. The average molecular weight is 236 g/mol. The molecule has 96 valence electrons. The van der Waals surface area contributed by atoms with E-state index in [2.05, 4.69) is 42.9 Å². The maximum absolute atomic E-state index is 9.38. The lowest BCUT2D eigenvalue weighted by Gasteiger charge is -2.31. The van der Waals surface area contributed by atoms with Crippen LogP contribution in [-0.2, 0) is 6.42 Å². The first kappa shape index (κ1) is 14.1. The molecule has 1 aromatic heterocycles. The highest BCUT2D eigenvalue weighted by molar-refractivity contribution is 5.09. The number of aromatic nitrogens is 1. The minimum atomic E-state index is 0.0208. The van der Waals surface area contributed by atoms with E-state index < -0.39 is 0 Å². The number of aliphatic hydroxyl groups excluding tert-OH is 1. The van der Waals surface area contributed by atoms with E-state index in [0.717, 1.165) is 25.9 Å². The molecule has 1 aromatic rings. The second kappa shape index (κ2) is 6.72. The van der Waals surface area contributed by atoms with Crippen molar-refractivity contribution in [3.8, 4) is 0 Å². The Balaban J connectivity index is 2.37. The molecule has 1 atom stereocenters. The van der Waals surface area contributed by atoms with Gasteiger partial charge in [0.05, 0.1) is 0 Å². The summed E-state index contributed by atoms with van der Waals surface area (Å²) in [5, 5.41) is 9.38. The van der Waals surface area contributed by atoms with E-state index in [-0.39, 0.29) is 12.0 Å². The molecule has 0 saturated heterocycles. The van der Waals surface area contributed by atoms with Crippen molar-refractivity contribution in [3.63, 3.8) is 0 Å². The maximum atomic E-state index is 9.38. The van der Waals surface area contributed by atoms with Crippen LogP contribution >= 0.6 is 0 Å². The van der Waals surface area contributed by atoms with Gasteiger partial charge < -0.3 is 10.0 Å². The lowest BCUT2D eigenvalue weighted by Crippen LogP contribution is -2.36. The molecular formula is C14H24N2O. The van der Waals surface area contributed by atoms with Gasteiger partial charge in [0.2, 0.25) is 0 Å². The predicted octanol–water partition coefficient (Wildman–Crippen LogP) is 1.96. The number of rotatable bonds is 7. The highest BCUT2D eigenvalue weighted by Gasteiger charge is 2.22. The molecular weight excluding hydrogens is 212 g/mol. The standard InChI is InChI=1S/C14H24N2O/c1-4-14(2,12-17)11-16(3)10-7-13-5-8-15-9-6-13/h5-6,8-9,17H,4,7,10-12H2,1-3H3. The third-order valence-electron chi connectivity index (χ3n) is 3.42. The summed E-state index contributed by atoms with van der Waals surface area (Å²) in [6, 6.07) is 4.11. The Hall–Kier alpha value is -0.930. The SMILES string of the molecule is CCC(C)(CO)CN(C)CCc1ccncc1. The number of likely N-dealkylation sites (N-methyl/N-ethyl adjacent to an activating group) is 1. The zero-order chi connectivity index (χ0) is 12.7. The fourth-order valence-corrected chi connectivity index (χ4v) is 1.87. The highest BCUT2D eigenvalue weighted by Crippen LogP contribution is 2.20. The van der Waals surface area contributed by atoms with Crippen LogP contribution in [0.4, 0.5) is 0 Å². The van der Waals surface area contributed by atoms with E-state index in [1.807, 2.05) is 12.4 Å². The number of nitrogens with zero attached hydrogens (tertiary/aromatic N) is 2. The Morgan fingerprint density at radius 1 is 1.35 bits per heavy atom. The maximum Gasteiger partial charge on any atom is 0.0496 e. The summed E-state index contributed by atoms with van der Waals surface area (Å²) in [6.45, 7) is 6.47. The first-order chi connectivity index (χ1) is 8.09. The fraction of sp³-hybridized carbons (Fsp3) is 0.643. The van der Waals surface area contributed by atoms with Gasteiger partial charge in [-0.3, -0.25) is 4.98 Å². The zero-order valence-electron chi connectivity index (χ0n) is 11.2. The van der Waals surface area contributed by atoms with Crippen molar-refractivity contribution in [1.29, 1.82) is 0 Å². The van der Waals surface area contributed by atoms with E-state index in [0.29, 0.717) is 0 Å². The molecule has 3 nitrogen and oxygen atoms in total. The fourth-order valence-electron chi connectivity index (χ4n) is 1.87. The second-order valence-corrected chi connectivity index (χ2v) is 5.17. The van der Waals surface area contributed by atoms with E-state index in [9.17, 15) is 5.11 Å². The number of aliphatic hydroxyl groups is 1. The molecule has 1 rings (SSSR count). The molecule has 0 radical (unpaired) electrons. The van der Waals surface area contributed by atoms with Crippen LogP contribution in [0, 0.1) is 5.41 Å². The van der Waals surface area contributed by atoms with Gasteiger partial charge in [0.15, 0.2) is 0 Å². The predicted molar refractivity (Wildman–Crippen MR) is 70.9 cm³/mol. The van der Waals surface area contributed by atoms with Crippen molar-refractivity contribution in [2.24, 2.45) is 5.41 Å². The topological polar surface area (TPSA) is 36.4 Å². The molecule has 0 amide bonds. The van der Waals surface area contributed by atoms with Crippen LogP contribution < -0.4 is 0 Å². The monoisotopic (exact) mass is 236 g/mol. The number of pyridine rings is 1. The molecule has 0 aliphatic carbocycles. The summed E-state index contributed by atoms with van der Waals surface area (Å²) in [5.41, 5.74) is 1.33. The number of hydrogen-bond acceptors (Lipinski definition) is 3. The van der Waals surface area contributed by atoms with Crippen LogP contribution in [-0.4, -0.2) is 41.7 Å². The largest absolute Gasteiger partial charge is 0.396 e. The van der Waals surface area contributed by atoms with Crippen LogP contribution in [0.2, 0.25) is 0 Å². The molecule has 1 N–H and O–H groups in total. The van der Waals surface area contributed by atoms with Crippen molar-refractivity contribution in [3.05, 3.63) is 30.1 Å². The van der Waals surface area contributed by atoms with E-state index in [4.69, 9.17) is 0 Å². The van der Waals surface area contributed by atoms with Crippen molar-refractivity contribution in [2.45, 2.75) is 26.7 Å². The van der Waals surface area contributed by atoms with Crippen LogP contribution in [0.25, 0.3) is 0 Å². The van der Waals surface area contributed by atoms with Crippen molar-refractivity contribution < 1.29 is 5.11 Å². The molecule has 17 heavy (non-hydrogen) atoms. The van der Waals surface area contributed by atoms with E-state index >= 15 is 0 Å². The third kappa shape index (κ3) is 4.84. The third-order valence-corrected chi connectivity index (χ3v) is 3.42. The van der Waals surface area contributed by atoms with Crippen LogP contribution in [0.3, 0.4) is 0 Å². The minimum absolute atomic E-state index is 0.0208. The van der Waals surface area contributed by atoms with Gasteiger partial charge in [-0.05, 0) is 37.6 Å². The van der Waals surface area contributed by atoms with Crippen LogP contribution in [0.1, 0.15) is 25.8 Å². The zero-order valence-corrected chi connectivity index (χ0v) is 11.2. The van der Waals surface area contributed by atoms with Gasteiger partial charge in [-0.25, -0.2) is 0 Å². The molecule has 0 spiro atoms. The molecule has 1 heterocycles. The van der Waals surface area contributed by atoms with Gasteiger partial charge in [0, 0.05) is 37.5 Å². The van der Waals surface area contributed by atoms with E-state index in [1.54, 1.807) is 0 Å². The summed E-state index contributed by atoms with van der Waals surface area (Å²) in [4.78, 5) is 6.30. The molecule has 0 aliphatic heterocycles. The Labute approximate surface area is 104 Å². The van der Waals surface area contributed by atoms with Crippen LogP contribution in [0.15, 0.2) is 24.5 Å². The minimum Gasteiger partial charge on any atom is -0.396 e. The summed E-state index contributed by atoms with van der Waals surface area (Å²) in [5.74, 6) is 0. The molecule has 3 heteroatoms. The highest BCUT2D eigenvalue weighted by atomic mass is 16.3. The average Bonchev–Trinajstić information content (AvgIpc) is 2.37. The first-order valence-corrected chi connectivity index (χ1v) is 6.28. The molecule has 0 fully saturated rings. The van der Waals surface area contributed by atoms with Gasteiger partial charge >= 0.3 is 0 Å². The van der Waals surface area contributed by atoms with Crippen molar-refractivity contribution >= 4 is 0 Å². The van der Waals surface area contributed by atoms with Crippen LogP contribution in [0.5, 0.6) is 0 Å². The summed E-state index contributed by atoms with van der Waals surface area (Å²) in [6.07, 6.45) is 5.70. The smallest absolute Gasteiger partial charge is 0.0496 e. The first-order valence-electron chi connectivity index (χ1n) is 6.28. The molecule has 0 aliphatic rings. The van der Waals surface area contributed by atoms with Crippen molar-refractivity contribution in [1.82, 2.24) is 9.88 Å². The van der Waals surface area contributed by atoms with Gasteiger partial charge in [-0.15, -0.1) is 0 Å². The van der Waals surface area contributed by atoms with Gasteiger partial charge in [-0.2, -0.15) is 0 Å². The second-order valence-electron chi connectivity index (χ2n) is 5.17. The quantitative estimate of drug-likeness (QED) is 0.786. The van der Waals surface area contributed by atoms with Gasteiger partial charge in [-0.1, -0.05) is 13.8 Å². The molecule has 1 unspecified atom stereocenters. The lowest BCUT2D eigenvalue weighted by atomic mass is 9.88. The van der Waals surface area contributed by atoms with E-state index in [1.165, 1.54) is 5.56 Å². The summed E-state index contributed by atoms with van der Waals surface area (Å²) in [7, 11) is 2.12.